The van der Waals surface area contributed by atoms with Crippen LogP contribution in [0.25, 0.3) is 0 Å². The Morgan fingerprint density at radius 1 is 1.35 bits per heavy atom. The van der Waals surface area contributed by atoms with Crippen LogP contribution in [0.5, 0.6) is 0 Å². The first-order valence-electron chi connectivity index (χ1n) is 5.31. The number of halogens is 3. The smallest absolute Gasteiger partial charge is 0.463 e. The zero-order valence-corrected chi connectivity index (χ0v) is 9.76. The molecule has 0 aromatic rings. The molecule has 1 unspecified atom stereocenters. The Hall–Kier alpha value is -1.27. The van der Waals surface area contributed by atoms with Gasteiger partial charge in [-0.25, -0.2) is 0 Å². The molecule has 0 bridgehead atoms. The number of hydrogen-bond acceptors (Lipinski definition) is 3. The maximum Gasteiger partial charge on any atom is 0.471 e. The third kappa shape index (κ3) is 7.59. The fourth-order valence-electron chi connectivity index (χ4n) is 1.13. The quantitative estimate of drug-likeness (QED) is 0.736. The highest BCUT2D eigenvalue weighted by atomic mass is 19.4. The topological polar surface area (TPSA) is 55.4 Å². The molecule has 0 radical (unpaired) electrons. The zero-order chi connectivity index (χ0) is 13.5. The first-order chi connectivity index (χ1) is 7.77. The lowest BCUT2D eigenvalue weighted by Gasteiger charge is -2.12. The Balaban J connectivity index is 3.76. The Labute approximate surface area is 97.5 Å². The van der Waals surface area contributed by atoms with Crippen LogP contribution in [0.15, 0.2) is 0 Å². The van der Waals surface area contributed by atoms with Crippen LogP contribution in [0.4, 0.5) is 13.2 Å². The molecule has 1 amide bonds. The van der Waals surface area contributed by atoms with E-state index in [2.05, 4.69) is 0 Å². The van der Waals surface area contributed by atoms with Crippen molar-refractivity contribution in [3.63, 3.8) is 0 Å². The Bertz CT molecular complexity index is 266. The van der Waals surface area contributed by atoms with Gasteiger partial charge in [0.15, 0.2) is 0 Å². The number of rotatable bonds is 6. The van der Waals surface area contributed by atoms with Gasteiger partial charge in [-0.15, -0.1) is 0 Å². The number of carbonyl (C=O) groups is 2. The maximum absolute atomic E-state index is 11.8. The van der Waals surface area contributed by atoms with Gasteiger partial charge in [0, 0.05) is 6.54 Å². The van der Waals surface area contributed by atoms with Crippen molar-refractivity contribution in [1.82, 2.24) is 5.32 Å². The second-order valence-corrected chi connectivity index (χ2v) is 3.59. The lowest BCUT2D eigenvalue weighted by atomic mass is 10.2. The van der Waals surface area contributed by atoms with Gasteiger partial charge in [0.05, 0.1) is 12.5 Å². The number of amides is 1. The Morgan fingerprint density at radius 3 is 2.41 bits per heavy atom. The summed E-state index contributed by atoms with van der Waals surface area (Å²) in [6, 6.07) is 0. The number of ether oxygens (including phenoxy) is 1. The molecule has 0 saturated heterocycles. The highest BCUT2D eigenvalue weighted by molar-refractivity contribution is 5.82. The molecule has 0 aromatic heterocycles. The summed E-state index contributed by atoms with van der Waals surface area (Å²) >= 11 is 0. The molecular weight excluding hydrogens is 239 g/mol. The third-order valence-electron chi connectivity index (χ3n) is 1.90. The fourth-order valence-corrected chi connectivity index (χ4v) is 1.13. The summed E-state index contributed by atoms with van der Waals surface area (Å²) in [6.45, 7) is 3.25. The monoisotopic (exact) mass is 255 g/mol. The lowest BCUT2D eigenvalue weighted by Crippen LogP contribution is -2.38. The van der Waals surface area contributed by atoms with Gasteiger partial charge in [0.25, 0.3) is 0 Å². The third-order valence-corrected chi connectivity index (χ3v) is 1.90. The van der Waals surface area contributed by atoms with E-state index in [1.807, 2.05) is 6.92 Å². The van der Waals surface area contributed by atoms with E-state index in [1.54, 1.807) is 12.2 Å². The molecule has 7 heteroatoms. The molecule has 0 spiro atoms. The highest BCUT2D eigenvalue weighted by Gasteiger charge is 2.38. The van der Waals surface area contributed by atoms with Crippen LogP contribution in [0.1, 0.15) is 33.1 Å². The van der Waals surface area contributed by atoms with E-state index in [0.717, 1.165) is 6.42 Å². The van der Waals surface area contributed by atoms with Gasteiger partial charge in [-0.1, -0.05) is 13.3 Å². The maximum atomic E-state index is 11.8. The molecule has 0 fully saturated rings. The second kappa shape index (κ2) is 7.13. The van der Waals surface area contributed by atoms with E-state index < -0.39 is 18.1 Å². The number of hydrogen-bond donors (Lipinski definition) is 1. The average Bonchev–Trinajstić information content (AvgIpc) is 2.16. The molecule has 0 aliphatic rings. The molecule has 100 valence electrons. The molecule has 0 aromatic carbocycles. The molecule has 0 rings (SSSR count). The summed E-state index contributed by atoms with van der Waals surface area (Å²) in [4.78, 5) is 21.5. The van der Waals surface area contributed by atoms with E-state index in [-0.39, 0.29) is 19.1 Å². The predicted octanol–water partition coefficient (Wildman–Crippen LogP) is 1.79. The van der Waals surface area contributed by atoms with Crippen LogP contribution in [-0.4, -0.2) is 30.7 Å². The largest absolute Gasteiger partial charge is 0.471 e. The molecule has 17 heavy (non-hydrogen) atoms. The van der Waals surface area contributed by atoms with Crippen LogP contribution in [0.2, 0.25) is 0 Å². The zero-order valence-electron chi connectivity index (χ0n) is 9.76. The lowest BCUT2D eigenvalue weighted by molar-refractivity contribution is -0.173. The summed E-state index contributed by atoms with van der Waals surface area (Å²) in [5.74, 6) is -2.67. The van der Waals surface area contributed by atoms with Gasteiger partial charge >= 0.3 is 18.1 Å². The van der Waals surface area contributed by atoms with Crippen molar-refractivity contribution in [2.24, 2.45) is 0 Å². The van der Waals surface area contributed by atoms with Crippen molar-refractivity contribution in [3.8, 4) is 0 Å². The van der Waals surface area contributed by atoms with Crippen molar-refractivity contribution in [1.29, 1.82) is 0 Å². The van der Waals surface area contributed by atoms with Crippen molar-refractivity contribution < 1.29 is 27.5 Å². The van der Waals surface area contributed by atoms with E-state index in [1.165, 1.54) is 0 Å². The number of nitrogens with one attached hydrogen (secondary N) is 1. The fraction of sp³-hybridized carbons (Fsp3) is 0.800. The van der Waals surface area contributed by atoms with Gasteiger partial charge in [0.1, 0.15) is 0 Å². The number of carbonyl (C=O) groups excluding carboxylic acids is 2. The van der Waals surface area contributed by atoms with Gasteiger partial charge in [-0.05, 0) is 13.3 Å². The van der Waals surface area contributed by atoms with E-state index >= 15 is 0 Å². The molecular formula is C10H16F3NO3. The summed E-state index contributed by atoms with van der Waals surface area (Å²) in [7, 11) is 0. The van der Waals surface area contributed by atoms with E-state index in [9.17, 15) is 22.8 Å². The Kier molecular flexibility index (Phi) is 6.60. The van der Waals surface area contributed by atoms with Crippen LogP contribution in [0, 0.1) is 0 Å². The van der Waals surface area contributed by atoms with Crippen LogP contribution in [-0.2, 0) is 14.3 Å². The van der Waals surface area contributed by atoms with Gasteiger partial charge in [-0.3, -0.25) is 9.59 Å². The van der Waals surface area contributed by atoms with Crippen molar-refractivity contribution in [3.05, 3.63) is 0 Å². The van der Waals surface area contributed by atoms with Crippen molar-refractivity contribution in [2.45, 2.75) is 45.4 Å². The highest BCUT2D eigenvalue weighted by Crippen LogP contribution is 2.13. The summed E-state index contributed by atoms with van der Waals surface area (Å²) in [5, 5.41) is 1.59. The minimum atomic E-state index is -4.92. The Morgan fingerprint density at radius 2 is 1.94 bits per heavy atom. The predicted molar refractivity (Wildman–Crippen MR) is 54.1 cm³/mol. The summed E-state index contributed by atoms with van der Waals surface area (Å²) in [5.41, 5.74) is 0. The van der Waals surface area contributed by atoms with Crippen molar-refractivity contribution >= 4 is 11.9 Å². The first kappa shape index (κ1) is 15.7. The second-order valence-electron chi connectivity index (χ2n) is 3.59. The normalized spacial score (nSPS) is 13.0. The molecule has 1 N–H and O–H groups in total. The molecule has 0 saturated carbocycles. The van der Waals surface area contributed by atoms with Gasteiger partial charge < -0.3 is 10.1 Å². The van der Waals surface area contributed by atoms with Gasteiger partial charge in [-0.2, -0.15) is 13.2 Å². The molecule has 4 nitrogen and oxygen atoms in total. The molecule has 0 aliphatic heterocycles. The minimum Gasteiger partial charge on any atom is -0.463 e. The molecule has 1 atom stereocenters. The summed E-state index contributed by atoms with van der Waals surface area (Å²) < 4.78 is 40.2. The molecule has 0 aliphatic carbocycles. The average molecular weight is 255 g/mol. The number of alkyl halides is 3. The van der Waals surface area contributed by atoms with Crippen LogP contribution >= 0.6 is 0 Å². The summed E-state index contributed by atoms with van der Waals surface area (Å²) in [6.07, 6.45) is -3.90. The SMILES string of the molecule is CCCC(C)OC(=O)CCNC(=O)C(F)(F)F. The van der Waals surface area contributed by atoms with Crippen molar-refractivity contribution in [2.75, 3.05) is 6.54 Å². The standard InChI is InChI=1S/C10H16F3NO3/c1-3-4-7(2)17-8(15)5-6-14-9(16)10(11,12)13/h7H,3-6H2,1-2H3,(H,14,16). The van der Waals surface area contributed by atoms with E-state index in [0.29, 0.717) is 6.42 Å². The van der Waals surface area contributed by atoms with Gasteiger partial charge in [0.2, 0.25) is 0 Å². The first-order valence-corrected chi connectivity index (χ1v) is 5.31. The number of esters is 1. The van der Waals surface area contributed by atoms with E-state index in [4.69, 9.17) is 4.74 Å². The minimum absolute atomic E-state index is 0.259. The van der Waals surface area contributed by atoms with Crippen LogP contribution in [0.3, 0.4) is 0 Å². The van der Waals surface area contributed by atoms with Crippen LogP contribution < -0.4 is 5.32 Å². The molecule has 0 heterocycles.